The van der Waals surface area contributed by atoms with Crippen molar-refractivity contribution >= 4 is 0 Å². The van der Waals surface area contributed by atoms with Gasteiger partial charge in [0, 0.05) is 0 Å². The summed E-state index contributed by atoms with van der Waals surface area (Å²) in [5, 5.41) is 0. The molecule has 0 aromatic heterocycles. The SMILES string of the molecule is CCCCCCCCCCCCCCCCC1CO1.Fc1ccccc1. The molecule has 2 rings (SSSR count). The first kappa shape index (κ1) is 23.1. The first-order valence-corrected chi connectivity index (χ1v) is 11.1. The second-order valence-electron chi connectivity index (χ2n) is 7.64. The van der Waals surface area contributed by atoms with Crippen LogP contribution in [0.15, 0.2) is 30.3 Å². The van der Waals surface area contributed by atoms with Crippen molar-refractivity contribution in [3.8, 4) is 0 Å². The van der Waals surface area contributed by atoms with Gasteiger partial charge in [-0.2, -0.15) is 0 Å². The fourth-order valence-corrected chi connectivity index (χ4v) is 3.22. The Morgan fingerprint density at radius 1 is 0.731 bits per heavy atom. The molecule has 0 aliphatic carbocycles. The number of unbranched alkanes of at least 4 members (excludes halogenated alkanes) is 13. The molecule has 1 fully saturated rings. The highest BCUT2D eigenvalue weighted by Gasteiger charge is 2.20. The zero-order valence-electron chi connectivity index (χ0n) is 17.1. The van der Waals surface area contributed by atoms with Crippen molar-refractivity contribution in [3.05, 3.63) is 36.1 Å². The van der Waals surface area contributed by atoms with Crippen LogP contribution < -0.4 is 0 Å². The monoisotopic (exact) mass is 364 g/mol. The molecule has 0 N–H and O–H groups in total. The number of benzene rings is 1. The molecular weight excluding hydrogens is 323 g/mol. The molecule has 1 heterocycles. The normalized spacial score (nSPS) is 15.4. The first-order valence-electron chi connectivity index (χ1n) is 11.1. The Labute approximate surface area is 161 Å². The Balaban J connectivity index is 0.000000401. The largest absolute Gasteiger partial charge is 0.373 e. The second-order valence-corrected chi connectivity index (χ2v) is 7.64. The van der Waals surface area contributed by atoms with Gasteiger partial charge in [-0.15, -0.1) is 0 Å². The molecule has 0 amide bonds. The average Bonchev–Trinajstić information content (AvgIpc) is 3.48. The first-order chi connectivity index (χ1) is 12.8. The van der Waals surface area contributed by atoms with E-state index in [4.69, 9.17) is 4.74 Å². The summed E-state index contributed by atoms with van der Waals surface area (Å²) in [6.07, 6.45) is 22.3. The second kappa shape index (κ2) is 17.5. The minimum absolute atomic E-state index is 0.178. The zero-order chi connectivity index (χ0) is 18.7. The van der Waals surface area contributed by atoms with Gasteiger partial charge in [0.05, 0.1) is 12.7 Å². The molecule has 150 valence electrons. The Morgan fingerprint density at radius 2 is 1.15 bits per heavy atom. The van der Waals surface area contributed by atoms with Crippen molar-refractivity contribution in [2.45, 2.75) is 109 Å². The van der Waals surface area contributed by atoms with Gasteiger partial charge in [0.2, 0.25) is 0 Å². The molecule has 26 heavy (non-hydrogen) atoms. The van der Waals surface area contributed by atoms with Crippen LogP contribution in [0.2, 0.25) is 0 Å². The molecule has 1 atom stereocenters. The van der Waals surface area contributed by atoms with Crippen LogP contribution in [0.5, 0.6) is 0 Å². The summed E-state index contributed by atoms with van der Waals surface area (Å²) >= 11 is 0. The van der Waals surface area contributed by atoms with Gasteiger partial charge in [-0.3, -0.25) is 0 Å². The van der Waals surface area contributed by atoms with E-state index in [9.17, 15) is 4.39 Å². The highest BCUT2D eigenvalue weighted by Crippen LogP contribution is 2.18. The van der Waals surface area contributed by atoms with Crippen molar-refractivity contribution in [3.63, 3.8) is 0 Å². The van der Waals surface area contributed by atoms with Gasteiger partial charge in [0.25, 0.3) is 0 Å². The van der Waals surface area contributed by atoms with Gasteiger partial charge in [0.15, 0.2) is 0 Å². The lowest BCUT2D eigenvalue weighted by atomic mass is 10.0. The molecule has 0 bridgehead atoms. The van der Waals surface area contributed by atoms with Gasteiger partial charge < -0.3 is 4.74 Å². The lowest BCUT2D eigenvalue weighted by Crippen LogP contribution is -1.86. The average molecular weight is 365 g/mol. The highest BCUT2D eigenvalue weighted by atomic mass is 19.1. The summed E-state index contributed by atoms with van der Waals surface area (Å²) in [5.41, 5.74) is 0. The smallest absolute Gasteiger partial charge is 0.123 e. The zero-order valence-corrected chi connectivity index (χ0v) is 17.1. The molecule has 0 saturated carbocycles. The summed E-state index contributed by atoms with van der Waals surface area (Å²) in [7, 11) is 0. The summed E-state index contributed by atoms with van der Waals surface area (Å²) in [4.78, 5) is 0. The molecule has 1 aromatic rings. The quantitative estimate of drug-likeness (QED) is 0.226. The molecular formula is C24H41FO. The van der Waals surface area contributed by atoms with Crippen molar-refractivity contribution in [2.75, 3.05) is 6.61 Å². The Morgan fingerprint density at radius 3 is 1.50 bits per heavy atom. The van der Waals surface area contributed by atoms with Crippen LogP contribution in [0, 0.1) is 5.82 Å². The maximum Gasteiger partial charge on any atom is 0.123 e. The van der Waals surface area contributed by atoms with Gasteiger partial charge in [0.1, 0.15) is 5.82 Å². The summed E-state index contributed by atoms with van der Waals surface area (Å²) in [6, 6.07) is 7.94. The van der Waals surface area contributed by atoms with Crippen LogP contribution in [0.4, 0.5) is 4.39 Å². The van der Waals surface area contributed by atoms with E-state index in [1.165, 1.54) is 108 Å². The Kier molecular flexibility index (Phi) is 15.6. The minimum Gasteiger partial charge on any atom is -0.373 e. The van der Waals surface area contributed by atoms with Crippen molar-refractivity contribution in [1.82, 2.24) is 0 Å². The summed E-state index contributed by atoms with van der Waals surface area (Å²) in [5.74, 6) is -0.178. The number of ether oxygens (including phenoxy) is 1. The third-order valence-corrected chi connectivity index (χ3v) is 5.02. The lowest BCUT2D eigenvalue weighted by Gasteiger charge is -2.03. The van der Waals surface area contributed by atoms with Crippen LogP contribution in [0.3, 0.4) is 0 Å². The molecule has 1 aliphatic heterocycles. The van der Waals surface area contributed by atoms with Gasteiger partial charge in [-0.25, -0.2) is 4.39 Å². The summed E-state index contributed by atoms with van der Waals surface area (Å²) < 4.78 is 17.1. The van der Waals surface area contributed by atoms with Crippen LogP contribution in [-0.2, 0) is 4.74 Å². The van der Waals surface area contributed by atoms with Crippen LogP contribution in [0.25, 0.3) is 0 Å². The predicted octanol–water partition coefficient (Wildman–Crippen LogP) is 8.08. The van der Waals surface area contributed by atoms with Gasteiger partial charge in [-0.05, 0) is 18.6 Å². The van der Waals surface area contributed by atoms with Crippen molar-refractivity contribution in [2.24, 2.45) is 0 Å². The predicted molar refractivity (Wildman–Crippen MR) is 111 cm³/mol. The lowest BCUT2D eigenvalue weighted by molar-refractivity contribution is 0.387. The van der Waals surface area contributed by atoms with Crippen molar-refractivity contribution < 1.29 is 9.13 Å². The van der Waals surface area contributed by atoms with E-state index in [0.717, 1.165) is 6.61 Å². The maximum absolute atomic E-state index is 11.9. The molecule has 1 aromatic carbocycles. The number of hydrogen-bond donors (Lipinski definition) is 0. The van der Waals surface area contributed by atoms with E-state index in [0.29, 0.717) is 6.10 Å². The topological polar surface area (TPSA) is 12.5 Å². The molecule has 0 spiro atoms. The van der Waals surface area contributed by atoms with Gasteiger partial charge in [-0.1, -0.05) is 115 Å². The third-order valence-electron chi connectivity index (χ3n) is 5.02. The standard InChI is InChI=1S/C18H36O.C6H5F/c1-2-3-4-5-6-7-8-9-10-11-12-13-14-15-16-18-17-19-18;7-6-4-2-1-3-5-6/h18H,2-17H2,1H3;1-5H. The fraction of sp³-hybridized carbons (Fsp3) is 0.750. The van der Waals surface area contributed by atoms with Crippen LogP contribution in [-0.4, -0.2) is 12.7 Å². The molecule has 1 saturated heterocycles. The highest BCUT2D eigenvalue weighted by molar-refractivity contribution is 5.02. The maximum atomic E-state index is 11.9. The Bertz CT molecular complexity index is 388. The Hall–Kier alpha value is -0.890. The summed E-state index contributed by atoms with van der Waals surface area (Å²) in [6.45, 7) is 3.33. The number of hydrogen-bond acceptors (Lipinski definition) is 1. The van der Waals surface area contributed by atoms with E-state index < -0.39 is 0 Å². The van der Waals surface area contributed by atoms with E-state index >= 15 is 0 Å². The van der Waals surface area contributed by atoms with Gasteiger partial charge >= 0.3 is 0 Å². The number of epoxide rings is 1. The minimum atomic E-state index is -0.178. The molecule has 2 heteroatoms. The molecule has 1 unspecified atom stereocenters. The molecule has 1 aliphatic rings. The van der Waals surface area contributed by atoms with Crippen LogP contribution >= 0.6 is 0 Å². The third kappa shape index (κ3) is 16.6. The van der Waals surface area contributed by atoms with Crippen LogP contribution in [0.1, 0.15) is 103 Å². The number of rotatable bonds is 15. The van der Waals surface area contributed by atoms with E-state index in [1.54, 1.807) is 18.2 Å². The molecule has 1 nitrogen and oxygen atoms in total. The van der Waals surface area contributed by atoms with E-state index in [-0.39, 0.29) is 5.82 Å². The fourth-order valence-electron chi connectivity index (χ4n) is 3.22. The van der Waals surface area contributed by atoms with E-state index in [2.05, 4.69) is 6.92 Å². The van der Waals surface area contributed by atoms with Crippen molar-refractivity contribution in [1.29, 1.82) is 0 Å². The van der Waals surface area contributed by atoms with E-state index in [1.807, 2.05) is 0 Å². The number of halogens is 1. The molecule has 0 radical (unpaired) electrons.